The Morgan fingerprint density at radius 2 is 2.15 bits per heavy atom. The van der Waals surface area contributed by atoms with Gasteiger partial charge in [0.15, 0.2) is 0 Å². The van der Waals surface area contributed by atoms with Crippen LogP contribution in [0, 0.1) is 6.92 Å². The van der Waals surface area contributed by atoms with Crippen LogP contribution in [0.2, 0.25) is 0 Å². The molecule has 20 heavy (non-hydrogen) atoms. The summed E-state index contributed by atoms with van der Waals surface area (Å²) in [5, 5.41) is 0. The molecule has 1 aromatic carbocycles. The lowest BCUT2D eigenvalue weighted by atomic mass is 10.1. The normalized spacial score (nSPS) is 10.1. The van der Waals surface area contributed by atoms with Gasteiger partial charge >= 0.3 is 5.97 Å². The molecule has 0 bridgehead atoms. The molecule has 2 rings (SSSR count). The summed E-state index contributed by atoms with van der Waals surface area (Å²) in [6.45, 7) is 2.07. The van der Waals surface area contributed by atoms with Crippen LogP contribution in [-0.2, 0) is 11.3 Å². The van der Waals surface area contributed by atoms with Gasteiger partial charge in [0.2, 0.25) is 0 Å². The van der Waals surface area contributed by atoms with Gasteiger partial charge in [-0.1, -0.05) is 6.07 Å². The van der Waals surface area contributed by atoms with Crippen molar-refractivity contribution < 1.29 is 14.3 Å². The average Bonchev–Trinajstić information content (AvgIpc) is 2.44. The van der Waals surface area contributed by atoms with Crippen LogP contribution in [0.15, 0.2) is 36.7 Å². The zero-order chi connectivity index (χ0) is 14.5. The van der Waals surface area contributed by atoms with Crippen molar-refractivity contribution in [2.24, 2.45) is 0 Å². The molecule has 0 radical (unpaired) electrons. The number of methoxy groups -OCH3 is 1. The molecule has 0 saturated heterocycles. The van der Waals surface area contributed by atoms with E-state index >= 15 is 0 Å². The lowest BCUT2D eigenvalue weighted by Gasteiger charge is -2.11. The first-order valence-corrected chi connectivity index (χ1v) is 6.12. The highest BCUT2D eigenvalue weighted by atomic mass is 16.5. The Balaban J connectivity index is 2.13. The van der Waals surface area contributed by atoms with Crippen molar-refractivity contribution in [2.75, 3.05) is 12.8 Å². The highest BCUT2D eigenvalue weighted by Crippen LogP contribution is 2.25. The maximum Gasteiger partial charge on any atom is 0.344 e. The molecule has 0 spiro atoms. The van der Waals surface area contributed by atoms with Crippen LogP contribution < -0.4 is 10.5 Å². The first-order chi connectivity index (χ1) is 9.61. The van der Waals surface area contributed by atoms with Gasteiger partial charge in [0.25, 0.3) is 0 Å². The SMILES string of the molecule is COc1cccc(N)c1C(=O)OCc1cncc(C)c1. The second-order valence-electron chi connectivity index (χ2n) is 4.37. The molecule has 0 saturated carbocycles. The molecule has 0 atom stereocenters. The van der Waals surface area contributed by atoms with Crippen LogP contribution in [0.3, 0.4) is 0 Å². The van der Waals surface area contributed by atoms with Crippen molar-refractivity contribution in [2.45, 2.75) is 13.5 Å². The van der Waals surface area contributed by atoms with Crippen LogP contribution in [0.5, 0.6) is 5.75 Å². The number of benzene rings is 1. The molecular formula is C15H16N2O3. The van der Waals surface area contributed by atoms with Gasteiger partial charge in [-0.15, -0.1) is 0 Å². The van der Waals surface area contributed by atoms with Gasteiger partial charge in [-0.05, 0) is 30.7 Å². The number of carbonyl (C=O) groups is 1. The first kappa shape index (κ1) is 13.9. The number of rotatable bonds is 4. The fourth-order valence-electron chi connectivity index (χ4n) is 1.85. The summed E-state index contributed by atoms with van der Waals surface area (Å²) in [6, 6.07) is 6.93. The van der Waals surface area contributed by atoms with Crippen LogP contribution in [-0.4, -0.2) is 18.1 Å². The Labute approximate surface area is 117 Å². The number of hydrogen-bond donors (Lipinski definition) is 1. The van der Waals surface area contributed by atoms with Gasteiger partial charge in [-0.25, -0.2) is 4.79 Å². The lowest BCUT2D eigenvalue weighted by molar-refractivity contribution is 0.0470. The summed E-state index contributed by atoms with van der Waals surface area (Å²) in [7, 11) is 1.48. The summed E-state index contributed by atoms with van der Waals surface area (Å²) < 4.78 is 10.4. The fraction of sp³-hybridized carbons (Fsp3) is 0.200. The molecule has 1 aromatic heterocycles. The van der Waals surface area contributed by atoms with E-state index in [1.165, 1.54) is 7.11 Å². The Bertz CT molecular complexity index is 626. The molecule has 1 heterocycles. The lowest BCUT2D eigenvalue weighted by Crippen LogP contribution is -2.10. The van der Waals surface area contributed by atoms with Crippen LogP contribution in [0.1, 0.15) is 21.5 Å². The summed E-state index contributed by atoms with van der Waals surface area (Å²) in [5.74, 6) is -0.112. The van der Waals surface area contributed by atoms with E-state index in [2.05, 4.69) is 4.98 Å². The highest BCUT2D eigenvalue weighted by Gasteiger charge is 2.17. The van der Waals surface area contributed by atoms with E-state index in [0.29, 0.717) is 11.4 Å². The van der Waals surface area contributed by atoms with Crippen molar-refractivity contribution in [1.29, 1.82) is 0 Å². The number of ether oxygens (including phenoxy) is 2. The van der Waals surface area contributed by atoms with E-state index < -0.39 is 5.97 Å². The van der Waals surface area contributed by atoms with E-state index in [1.807, 2.05) is 13.0 Å². The second kappa shape index (κ2) is 6.06. The summed E-state index contributed by atoms with van der Waals surface area (Å²) >= 11 is 0. The number of carbonyl (C=O) groups excluding carboxylic acids is 1. The number of nitrogens with zero attached hydrogens (tertiary/aromatic N) is 1. The van der Waals surface area contributed by atoms with Crippen molar-refractivity contribution in [3.63, 3.8) is 0 Å². The standard InChI is InChI=1S/C15H16N2O3/c1-10-6-11(8-17-7-10)9-20-15(18)14-12(16)4-3-5-13(14)19-2/h3-8H,9,16H2,1-2H3. The van der Waals surface area contributed by atoms with E-state index in [1.54, 1.807) is 30.6 Å². The minimum atomic E-state index is -0.513. The fourth-order valence-corrected chi connectivity index (χ4v) is 1.85. The molecule has 2 N–H and O–H groups in total. The number of anilines is 1. The molecule has 2 aromatic rings. The Morgan fingerprint density at radius 3 is 2.85 bits per heavy atom. The molecule has 104 valence electrons. The maximum atomic E-state index is 12.1. The third kappa shape index (κ3) is 3.06. The molecule has 0 aliphatic heterocycles. The largest absolute Gasteiger partial charge is 0.496 e. The van der Waals surface area contributed by atoms with Gasteiger partial charge in [0.05, 0.1) is 7.11 Å². The van der Waals surface area contributed by atoms with Crippen LogP contribution in [0.25, 0.3) is 0 Å². The van der Waals surface area contributed by atoms with Crippen molar-refractivity contribution in [1.82, 2.24) is 4.98 Å². The molecule has 0 aliphatic carbocycles. The number of esters is 1. The van der Waals surface area contributed by atoms with Gasteiger partial charge in [-0.3, -0.25) is 4.98 Å². The third-order valence-corrected chi connectivity index (χ3v) is 2.78. The van der Waals surface area contributed by atoms with E-state index in [9.17, 15) is 4.79 Å². The number of nitrogen functional groups attached to an aromatic ring is 1. The summed E-state index contributed by atoms with van der Waals surface area (Å²) in [4.78, 5) is 16.1. The number of nitrogens with two attached hydrogens (primary N) is 1. The molecule has 0 aliphatic rings. The van der Waals surface area contributed by atoms with Crippen molar-refractivity contribution in [3.8, 4) is 5.75 Å². The quantitative estimate of drug-likeness (QED) is 0.683. The zero-order valence-corrected chi connectivity index (χ0v) is 11.4. The number of hydrogen-bond acceptors (Lipinski definition) is 5. The molecule has 0 fully saturated rings. The molecule has 5 nitrogen and oxygen atoms in total. The smallest absolute Gasteiger partial charge is 0.344 e. The number of pyridine rings is 1. The molecular weight excluding hydrogens is 256 g/mol. The van der Waals surface area contributed by atoms with E-state index in [0.717, 1.165) is 11.1 Å². The van der Waals surface area contributed by atoms with Crippen molar-refractivity contribution >= 4 is 11.7 Å². The monoisotopic (exact) mass is 272 g/mol. The minimum Gasteiger partial charge on any atom is -0.496 e. The summed E-state index contributed by atoms with van der Waals surface area (Å²) in [6.07, 6.45) is 3.40. The van der Waals surface area contributed by atoms with Crippen molar-refractivity contribution in [3.05, 3.63) is 53.3 Å². The molecule has 0 amide bonds. The zero-order valence-electron chi connectivity index (χ0n) is 11.4. The predicted molar refractivity (Wildman–Crippen MR) is 75.5 cm³/mol. The average molecular weight is 272 g/mol. The van der Waals surface area contributed by atoms with E-state index in [4.69, 9.17) is 15.2 Å². The topological polar surface area (TPSA) is 74.4 Å². The van der Waals surface area contributed by atoms with Gasteiger partial charge in [0, 0.05) is 23.6 Å². The van der Waals surface area contributed by atoms with Gasteiger partial charge in [-0.2, -0.15) is 0 Å². The first-order valence-electron chi connectivity index (χ1n) is 6.12. The van der Waals surface area contributed by atoms with Crippen LogP contribution >= 0.6 is 0 Å². The minimum absolute atomic E-state index is 0.144. The van der Waals surface area contributed by atoms with Crippen LogP contribution in [0.4, 0.5) is 5.69 Å². The molecule has 0 unspecified atom stereocenters. The summed E-state index contributed by atoms with van der Waals surface area (Å²) in [5.41, 5.74) is 8.21. The van der Waals surface area contributed by atoms with E-state index in [-0.39, 0.29) is 12.2 Å². The highest BCUT2D eigenvalue weighted by molar-refractivity contribution is 5.98. The maximum absolute atomic E-state index is 12.1. The Morgan fingerprint density at radius 1 is 1.35 bits per heavy atom. The second-order valence-corrected chi connectivity index (χ2v) is 4.37. The predicted octanol–water partition coefficient (Wildman–Crippen LogP) is 2.34. The molecule has 5 heteroatoms. The number of aromatic nitrogens is 1. The van der Waals surface area contributed by atoms with Gasteiger partial charge < -0.3 is 15.2 Å². The number of aryl methyl sites for hydroxylation is 1. The van der Waals surface area contributed by atoms with Gasteiger partial charge in [0.1, 0.15) is 17.9 Å². The Kier molecular flexibility index (Phi) is 4.20. The third-order valence-electron chi connectivity index (χ3n) is 2.78. The Hall–Kier alpha value is -2.56.